The number of sulfonamides is 1. The van der Waals surface area contributed by atoms with Gasteiger partial charge in [0.05, 0.1) is 0 Å². The minimum absolute atomic E-state index is 0.0289. The number of nitrogens with one attached hydrogen (secondary N) is 1. The van der Waals surface area contributed by atoms with Crippen molar-refractivity contribution < 1.29 is 13.2 Å². The van der Waals surface area contributed by atoms with Crippen molar-refractivity contribution in [1.82, 2.24) is 14.7 Å². The third kappa shape index (κ3) is 5.64. The zero-order valence-corrected chi connectivity index (χ0v) is 15.5. The maximum atomic E-state index is 12.3. The van der Waals surface area contributed by atoms with Gasteiger partial charge in [0.2, 0.25) is 10.0 Å². The van der Waals surface area contributed by atoms with Gasteiger partial charge in [0, 0.05) is 23.8 Å². The van der Waals surface area contributed by atoms with Gasteiger partial charge < -0.3 is 4.74 Å². The zero-order valence-electron chi connectivity index (χ0n) is 14.7. The third-order valence-electron chi connectivity index (χ3n) is 4.34. The first kappa shape index (κ1) is 18.5. The largest absolute Gasteiger partial charge is 0.460 e. The molecule has 1 saturated carbocycles. The van der Waals surface area contributed by atoms with Gasteiger partial charge in [0.15, 0.2) is 0 Å². The van der Waals surface area contributed by atoms with Crippen molar-refractivity contribution >= 4 is 16.1 Å². The van der Waals surface area contributed by atoms with Crippen LogP contribution in [-0.4, -0.2) is 30.5 Å². The SMILES string of the molecule is Cc1ccc(/C=C/S(=O)(=O)NC2CCC(Oc3ncccn3)CC2)cc1. The van der Waals surface area contributed by atoms with Crippen LogP contribution in [0.5, 0.6) is 6.01 Å². The molecule has 0 saturated heterocycles. The van der Waals surface area contributed by atoms with Crippen molar-refractivity contribution in [2.24, 2.45) is 0 Å². The summed E-state index contributed by atoms with van der Waals surface area (Å²) in [5, 5.41) is 1.23. The Bertz CT molecular complexity index is 828. The Hall–Kier alpha value is -2.25. The van der Waals surface area contributed by atoms with Crippen molar-refractivity contribution in [2.75, 3.05) is 0 Å². The van der Waals surface area contributed by atoms with Crippen molar-refractivity contribution in [3.63, 3.8) is 0 Å². The Morgan fingerprint density at radius 3 is 2.38 bits per heavy atom. The van der Waals surface area contributed by atoms with Gasteiger partial charge in [-0.05, 0) is 50.3 Å². The number of rotatable bonds is 6. The smallest absolute Gasteiger partial charge is 0.316 e. The van der Waals surface area contributed by atoms with E-state index in [1.807, 2.05) is 31.2 Å². The van der Waals surface area contributed by atoms with Crippen molar-refractivity contribution in [1.29, 1.82) is 0 Å². The van der Waals surface area contributed by atoms with Gasteiger partial charge >= 0.3 is 6.01 Å². The predicted octanol–water partition coefficient (Wildman–Crippen LogP) is 3.07. The first-order chi connectivity index (χ1) is 12.5. The standard InChI is InChI=1S/C19H23N3O3S/c1-15-3-5-16(6-4-15)11-14-26(23,24)22-17-7-9-18(10-8-17)25-19-20-12-2-13-21-19/h2-6,11-14,17-18,22H,7-10H2,1H3/b14-11+. The Labute approximate surface area is 154 Å². The molecule has 7 heteroatoms. The van der Waals surface area contributed by atoms with Crippen LogP contribution in [0.25, 0.3) is 6.08 Å². The fraction of sp³-hybridized carbons (Fsp3) is 0.368. The highest BCUT2D eigenvalue weighted by molar-refractivity contribution is 7.92. The summed E-state index contributed by atoms with van der Waals surface area (Å²) >= 11 is 0. The van der Waals surface area contributed by atoms with Crippen LogP contribution in [0.15, 0.2) is 48.1 Å². The van der Waals surface area contributed by atoms with Crippen LogP contribution in [0.3, 0.4) is 0 Å². The van der Waals surface area contributed by atoms with Crippen molar-refractivity contribution in [2.45, 2.75) is 44.8 Å². The summed E-state index contributed by atoms with van der Waals surface area (Å²) in [7, 11) is -3.46. The molecular weight excluding hydrogens is 350 g/mol. The molecule has 26 heavy (non-hydrogen) atoms. The molecule has 1 aliphatic carbocycles. The monoisotopic (exact) mass is 373 g/mol. The minimum Gasteiger partial charge on any atom is -0.460 e. The van der Waals surface area contributed by atoms with Crippen LogP contribution in [0.4, 0.5) is 0 Å². The molecule has 1 aromatic heterocycles. The van der Waals surface area contributed by atoms with Crippen LogP contribution in [0.2, 0.25) is 0 Å². The van der Waals surface area contributed by atoms with Gasteiger partial charge in [0.1, 0.15) is 6.10 Å². The lowest BCUT2D eigenvalue weighted by Gasteiger charge is -2.28. The summed E-state index contributed by atoms with van der Waals surface area (Å²) in [5.74, 6) is 0. The molecule has 6 nitrogen and oxygen atoms in total. The second-order valence-corrected chi connectivity index (χ2v) is 8.10. The fourth-order valence-corrected chi connectivity index (χ4v) is 4.03. The van der Waals surface area contributed by atoms with Gasteiger partial charge in [0.25, 0.3) is 0 Å². The average molecular weight is 373 g/mol. The lowest BCUT2D eigenvalue weighted by Crippen LogP contribution is -2.38. The van der Waals surface area contributed by atoms with E-state index in [4.69, 9.17) is 4.74 Å². The summed E-state index contributed by atoms with van der Waals surface area (Å²) in [6.45, 7) is 2.00. The summed E-state index contributed by atoms with van der Waals surface area (Å²) in [4.78, 5) is 8.11. The second kappa shape index (κ2) is 8.42. The van der Waals surface area contributed by atoms with E-state index in [1.165, 1.54) is 5.41 Å². The van der Waals surface area contributed by atoms with Crippen LogP contribution in [0.1, 0.15) is 36.8 Å². The summed E-state index contributed by atoms with van der Waals surface area (Å²) < 4.78 is 33.0. The van der Waals surface area contributed by atoms with Gasteiger partial charge in [-0.25, -0.2) is 23.1 Å². The summed E-state index contributed by atoms with van der Waals surface area (Å²) in [6, 6.07) is 9.75. The predicted molar refractivity (Wildman–Crippen MR) is 101 cm³/mol. The molecule has 3 rings (SSSR count). The number of aromatic nitrogens is 2. The van der Waals surface area contributed by atoms with E-state index in [-0.39, 0.29) is 12.1 Å². The van der Waals surface area contributed by atoms with E-state index in [9.17, 15) is 8.42 Å². The van der Waals surface area contributed by atoms with E-state index in [0.717, 1.165) is 36.8 Å². The number of hydrogen-bond acceptors (Lipinski definition) is 5. The molecule has 1 aliphatic rings. The number of ether oxygens (including phenoxy) is 1. The molecule has 0 unspecified atom stereocenters. The molecule has 1 heterocycles. The van der Waals surface area contributed by atoms with E-state index in [2.05, 4.69) is 14.7 Å². The van der Waals surface area contributed by atoms with Crippen LogP contribution >= 0.6 is 0 Å². The topological polar surface area (TPSA) is 81.2 Å². The number of hydrogen-bond donors (Lipinski definition) is 1. The Morgan fingerprint density at radius 1 is 1.08 bits per heavy atom. The van der Waals surface area contributed by atoms with Crippen LogP contribution in [-0.2, 0) is 10.0 Å². The van der Waals surface area contributed by atoms with E-state index < -0.39 is 10.0 Å². The van der Waals surface area contributed by atoms with Gasteiger partial charge in [-0.2, -0.15) is 0 Å². The maximum Gasteiger partial charge on any atom is 0.316 e. The molecular formula is C19H23N3O3S. The molecule has 0 aliphatic heterocycles. The van der Waals surface area contributed by atoms with Gasteiger partial charge in [-0.15, -0.1) is 0 Å². The fourth-order valence-electron chi connectivity index (χ4n) is 2.91. The lowest BCUT2D eigenvalue weighted by molar-refractivity contribution is 0.132. The molecule has 0 amide bonds. The molecule has 1 N–H and O–H groups in total. The number of nitrogens with zero attached hydrogens (tertiary/aromatic N) is 2. The van der Waals surface area contributed by atoms with Gasteiger partial charge in [-0.3, -0.25) is 0 Å². The first-order valence-corrected chi connectivity index (χ1v) is 10.3. The number of benzene rings is 1. The minimum atomic E-state index is -3.46. The Kier molecular flexibility index (Phi) is 6.00. The average Bonchev–Trinajstić information content (AvgIpc) is 2.64. The highest BCUT2D eigenvalue weighted by Crippen LogP contribution is 2.22. The van der Waals surface area contributed by atoms with E-state index in [0.29, 0.717) is 6.01 Å². The molecule has 2 aromatic rings. The third-order valence-corrected chi connectivity index (χ3v) is 5.49. The van der Waals surface area contributed by atoms with Crippen molar-refractivity contribution in [3.8, 4) is 6.01 Å². The normalized spacial score (nSPS) is 21.0. The molecule has 0 bridgehead atoms. The Morgan fingerprint density at radius 2 is 1.73 bits per heavy atom. The van der Waals surface area contributed by atoms with Gasteiger partial charge in [-0.1, -0.05) is 29.8 Å². The lowest BCUT2D eigenvalue weighted by atomic mass is 9.94. The van der Waals surface area contributed by atoms with Crippen LogP contribution < -0.4 is 9.46 Å². The Balaban J connectivity index is 1.49. The second-order valence-electron chi connectivity index (χ2n) is 6.50. The van der Waals surface area contributed by atoms with E-state index >= 15 is 0 Å². The molecule has 1 fully saturated rings. The maximum absolute atomic E-state index is 12.3. The summed E-state index contributed by atoms with van der Waals surface area (Å²) in [6.07, 6.45) is 7.93. The highest BCUT2D eigenvalue weighted by atomic mass is 32.2. The molecule has 0 radical (unpaired) electrons. The highest BCUT2D eigenvalue weighted by Gasteiger charge is 2.25. The molecule has 0 spiro atoms. The molecule has 0 atom stereocenters. The van der Waals surface area contributed by atoms with E-state index in [1.54, 1.807) is 24.5 Å². The number of aryl methyl sites for hydroxylation is 1. The van der Waals surface area contributed by atoms with Crippen LogP contribution in [0, 0.1) is 6.92 Å². The molecule has 138 valence electrons. The first-order valence-electron chi connectivity index (χ1n) is 8.71. The quantitative estimate of drug-likeness (QED) is 0.842. The summed E-state index contributed by atoms with van der Waals surface area (Å²) in [5.41, 5.74) is 2.00. The zero-order chi connectivity index (χ0) is 18.4. The van der Waals surface area contributed by atoms with Crippen molar-refractivity contribution in [3.05, 3.63) is 59.3 Å². The molecule has 1 aromatic carbocycles.